The van der Waals surface area contributed by atoms with Crippen LogP contribution >= 0.6 is 0 Å². The Balaban J connectivity index is 1.70. The predicted molar refractivity (Wildman–Crippen MR) is 97.9 cm³/mol. The second-order valence-electron chi connectivity index (χ2n) is 6.86. The molecule has 146 valence electrons. The molecule has 28 heavy (non-hydrogen) atoms. The van der Waals surface area contributed by atoms with E-state index in [2.05, 4.69) is 17.2 Å². The third-order valence-corrected chi connectivity index (χ3v) is 5.03. The van der Waals surface area contributed by atoms with Crippen LogP contribution in [0.2, 0.25) is 0 Å². The van der Waals surface area contributed by atoms with Crippen molar-refractivity contribution in [3.05, 3.63) is 71.0 Å². The van der Waals surface area contributed by atoms with Crippen LogP contribution in [0.5, 0.6) is 0 Å². The zero-order valence-corrected chi connectivity index (χ0v) is 15.1. The first kappa shape index (κ1) is 19.9. The molecule has 0 unspecified atom stereocenters. The number of alkyl halides is 3. The molecule has 0 aromatic heterocycles. The molecule has 1 fully saturated rings. The van der Waals surface area contributed by atoms with Crippen molar-refractivity contribution in [1.82, 2.24) is 5.32 Å². The van der Waals surface area contributed by atoms with Crippen LogP contribution in [0.1, 0.15) is 42.4 Å². The van der Waals surface area contributed by atoms with Gasteiger partial charge < -0.3 is 5.32 Å². The summed E-state index contributed by atoms with van der Waals surface area (Å²) in [6, 6.07) is 10.8. The molecule has 0 atom stereocenters. The van der Waals surface area contributed by atoms with Crippen LogP contribution in [-0.4, -0.2) is 12.5 Å². The summed E-state index contributed by atoms with van der Waals surface area (Å²) in [4.78, 5) is 12.8. The number of halogens is 4. The van der Waals surface area contributed by atoms with E-state index in [1.165, 1.54) is 24.3 Å². The number of rotatable bonds is 3. The predicted octanol–water partition coefficient (Wildman–Crippen LogP) is 4.82. The minimum Gasteiger partial charge on any atom is -0.344 e. The Morgan fingerprint density at radius 3 is 2.46 bits per heavy atom. The number of hydrogen-bond acceptors (Lipinski definition) is 1. The number of nitrogens with one attached hydrogen (secondary N) is 1. The zero-order valence-electron chi connectivity index (χ0n) is 15.1. The maximum absolute atomic E-state index is 13.6. The highest BCUT2D eigenvalue weighted by molar-refractivity contribution is 5.88. The Morgan fingerprint density at radius 2 is 1.79 bits per heavy atom. The van der Waals surface area contributed by atoms with Crippen molar-refractivity contribution in [3.8, 4) is 11.8 Å². The van der Waals surface area contributed by atoms with Crippen LogP contribution in [0.15, 0.2) is 48.5 Å². The number of hydrogen-bond donors (Lipinski definition) is 1. The van der Waals surface area contributed by atoms with Gasteiger partial charge >= 0.3 is 6.18 Å². The Kier molecular flexibility index (Phi) is 5.73. The summed E-state index contributed by atoms with van der Waals surface area (Å²) in [6.45, 7) is 0.00610. The molecule has 2 aromatic carbocycles. The standard InChI is InChI=1S/C22H19F4NO/c23-19-10-4-8-17(15-19)21(11-1-2-12-21)20(28)27-13-5-7-16-6-3-9-18(14-16)22(24,25)26/h3-4,6,8-10,14-15H,1-2,11-13H2,(H,27,28). The minimum absolute atomic E-state index is 0.00610. The van der Waals surface area contributed by atoms with Gasteiger partial charge in [0.05, 0.1) is 17.5 Å². The van der Waals surface area contributed by atoms with E-state index in [0.717, 1.165) is 25.0 Å². The molecule has 2 aromatic rings. The molecule has 0 spiro atoms. The third-order valence-electron chi connectivity index (χ3n) is 5.03. The smallest absolute Gasteiger partial charge is 0.344 e. The lowest BCUT2D eigenvalue weighted by Crippen LogP contribution is -2.42. The zero-order chi connectivity index (χ0) is 20.2. The van der Waals surface area contributed by atoms with Gasteiger partial charge in [0.25, 0.3) is 0 Å². The van der Waals surface area contributed by atoms with Gasteiger partial charge in [0, 0.05) is 5.56 Å². The highest BCUT2D eigenvalue weighted by atomic mass is 19.4. The summed E-state index contributed by atoms with van der Waals surface area (Å²) in [5.41, 5.74) is -0.669. The van der Waals surface area contributed by atoms with E-state index in [1.807, 2.05) is 0 Å². The van der Waals surface area contributed by atoms with Crippen LogP contribution in [0.4, 0.5) is 17.6 Å². The first-order valence-electron chi connectivity index (χ1n) is 9.02. The van der Waals surface area contributed by atoms with Gasteiger partial charge in [-0.2, -0.15) is 13.2 Å². The quantitative estimate of drug-likeness (QED) is 0.592. The van der Waals surface area contributed by atoms with Crippen LogP contribution in [0.3, 0.4) is 0 Å². The van der Waals surface area contributed by atoms with Crippen LogP contribution in [0.25, 0.3) is 0 Å². The van der Waals surface area contributed by atoms with Crippen LogP contribution in [0, 0.1) is 17.7 Å². The molecule has 1 aliphatic rings. The molecule has 1 amide bonds. The van der Waals surface area contributed by atoms with Crippen LogP contribution in [-0.2, 0) is 16.4 Å². The summed E-state index contributed by atoms with van der Waals surface area (Å²) >= 11 is 0. The normalized spacial score (nSPS) is 15.6. The molecule has 0 radical (unpaired) electrons. The van der Waals surface area contributed by atoms with Crippen molar-refractivity contribution >= 4 is 5.91 Å². The molecule has 0 bridgehead atoms. The lowest BCUT2D eigenvalue weighted by atomic mass is 9.78. The van der Waals surface area contributed by atoms with Gasteiger partial charge in [0.1, 0.15) is 5.82 Å². The van der Waals surface area contributed by atoms with Gasteiger partial charge in [0.15, 0.2) is 0 Å². The Hall–Kier alpha value is -2.81. The molecule has 1 saturated carbocycles. The van der Waals surface area contributed by atoms with Gasteiger partial charge in [-0.15, -0.1) is 0 Å². The van der Waals surface area contributed by atoms with E-state index in [0.29, 0.717) is 18.4 Å². The lowest BCUT2D eigenvalue weighted by Gasteiger charge is -2.28. The first-order valence-corrected chi connectivity index (χ1v) is 9.02. The van der Waals surface area contributed by atoms with Crippen molar-refractivity contribution in [2.75, 3.05) is 6.54 Å². The Bertz CT molecular complexity index is 918. The van der Waals surface area contributed by atoms with Crippen molar-refractivity contribution in [3.63, 3.8) is 0 Å². The monoisotopic (exact) mass is 389 g/mol. The summed E-state index contributed by atoms with van der Waals surface area (Å²) < 4.78 is 51.8. The number of carbonyl (C=O) groups is 1. The molecule has 1 aliphatic carbocycles. The van der Waals surface area contributed by atoms with E-state index in [1.54, 1.807) is 12.1 Å². The van der Waals surface area contributed by atoms with E-state index in [9.17, 15) is 22.4 Å². The fourth-order valence-electron chi connectivity index (χ4n) is 3.62. The summed E-state index contributed by atoms with van der Waals surface area (Å²) in [5, 5.41) is 2.74. The number of carbonyl (C=O) groups excluding carboxylic acids is 1. The Labute approximate surface area is 161 Å². The molecule has 1 N–H and O–H groups in total. The van der Waals surface area contributed by atoms with E-state index in [-0.39, 0.29) is 23.8 Å². The molecule has 0 heterocycles. The SMILES string of the molecule is O=C(NCC#Cc1cccc(C(F)(F)F)c1)C1(c2cccc(F)c2)CCCC1. The largest absolute Gasteiger partial charge is 0.416 e. The topological polar surface area (TPSA) is 29.1 Å². The molecule has 0 saturated heterocycles. The molecule has 2 nitrogen and oxygen atoms in total. The van der Waals surface area contributed by atoms with E-state index < -0.39 is 17.2 Å². The maximum atomic E-state index is 13.6. The lowest BCUT2D eigenvalue weighted by molar-refractivity contribution is -0.137. The molecule has 6 heteroatoms. The maximum Gasteiger partial charge on any atom is 0.416 e. The highest BCUT2D eigenvalue weighted by Gasteiger charge is 2.42. The highest BCUT2D eigenvalue weighted by Crippen LogP contribution is 2.41. The molecular weight excluding hydrogens is 370 g/mol. The Morgan fingerprint density at radius 1 is 1.07 bits per heavy atom. The fraction of sp³-hybridized carbons (Fsp3) is 0.318. The van der Waals surface area contributed by atoms with Crippen molar-refractivity contribution < 1.29 is 22.4 Å². The molecular formula is C22H19F4NO. The van der Waals surface area contributed by atoms with E-state index in [4.69, 9.17) is 0 Å². The van der Waals surface area contributed by atoms with Gasteiger partial charge in [-0.05, 0) is 48.7 Å². The van der Waals surface area contributed by atoms with Crippen molar-refractivity contribution in [2.45, 2.75) is 37.3 Å². The van der Waals surface area contributed by atoms with Crippen LogP contribution < -0.4 is 5.32 Å². The average Bonchev–Trinajstić information content (AvgIpc) is 3.16. The molecule has 0 aliphatic heterocycles. The first-order chi connectivity index (χ1) is 13.3. The summed E-state index contributed by atoms with van der Waals surface area (Å²) in [6.07, 6.45) is -1.42. The summed E-state index contributed by atoms with van der Waals surface area (Å²) in [5.74, 6) is 4.72. The van der Waals surface area contributed by atoms with Crippen molar-refractivity contribution in [2.24, 2.45) is 0 Å². The molecule has 3 rings (SSSR count). The second-order valence-corrected chi connectivity index (χ2v) is 6.86. The fourth-order valence-corrected chi connectivity index (χ4v) is 3.62. The van der Waals surface area contributed by atoms with Gasteiger partial charge in [-0.3, -0.25) is 4.79 Å². The number of benzene rings is 2. The van der Waals surface area contributed by atoms with Gasteiger partial charge in [0.2, 0.25) is 5.91 Å². The summed E-state index contributed by atoms with van der Waals surface area (Å²) in [7, 11) is 0. The minimum atomic E-state index is -4.42. The third kappa shape index (κ3) is 4.36. The van der Waals surface area contributed by atoms with Gasteiger partial charge in [-0.25, -0.2) is 4.39 Å². The van der Waals surface area contributed by atoms with Crippen molar-refractivity contribution in [1.29, 1.82) is 0 Å². The van der Waals surface area contributed by atoms with Gasteiger partial charge in [-0.1, -0.05) is 42.9 Å². The number of amides is 1. The second kappa shape index (κ2) is 8.05. The van der Waals surface area contributed by atoms with E-state index >= 15 is 0 Å². The average molecular weight is 389 g/mol.